The van der Waals surface area contributed by atoms with Gasteiger partial charge in [-0.25, -0.2) is 0 Å². The zero-order chi connectivity index (χ0) is 8.97. The van der Waals surface area contributed by atoms with Crippen LogP contribution >= 0.6 is 15.9 Å². The highest BCUT2D eigenvalue weighted by Crippen LogP contribution is 2.12. The van der Waals surface area contributed by atoms with Crippen molar-refractivity contribution < 1.29 is 4.79 Å². The highest BCUT2D eigenvalue weighted by molar-refractivity contribution is 9.12. The number of carbonyl (C=O) groups excluding carboxylic acids is 1. The van der Waals surface area contributed by atoms with E-state index >= 15 is 0 Å². The van der Waals surface area contributed by atoms with E-state index in [4.69, 9.17) is 0 Å². The summed E-state index contributed by atoms with van der Waals surface area (Å²) < 4.78 is 0.605. The summed E-state index contributed by atoms with van der Waals surface area (Å²) in [5.41, 5.74) is 0.711. The van der Waals surface area contributed by atoms with Gasteiger partial charge < -0.3 is 0 Å². The van der Waals surface area contributed by atoms with Crippen LogP contribution in [0.25, 0.3) is 0 Å². The number of Topliss-reactive ketones (excluding diaryl/α,β-unsaturated/α-hetero) is 1. The average Bonchev–Trinajstić information content (AvgIpc) is 2.17. The lowest BCUT2D eigenvalue weighted by atomic mass is 10.1. The van der Waals surface area contributed by atoms with Crippen LogP contribution in [0.4, 0.5) is 0 Å². The number of ketones is 1. The molecule has 0 aliphatic rings. The fourth-order valence-corrected chi connectivity index (χ4v) is 1.09. The maximum atomic E-state index is 11.5. The lowest BCUT2D eigenvalue weighted by Crippen LogP contribution is -1.97. The minimum atomic E-state index is 0.0260. The Morgan fingerprint density at radius 1 is 1.33 bits per heavy atom. The van der Waals surface area contributed by atoms with Crippen molar-refractivity contribution in [3.8, 4) is 0 Å². The molecule has 0 N–H and O–H groups in total. The van der Waals surface area contributed by atoms with Crippen LogP contribution in [0, 0.1) is 0 Å². The molecule has 0 radical (unpaired) electrons. The third-order valence-electron chi connectivity index (χ3n) is 1.51. The first-order chi connectivity index (χ1) is 5.75. The quantitative estimate of drug-likeness (QED) is 0.558. The summed E-state index contributed by atoms with van der Waals surface area (Å²) in [6.07, 6.45) is 1.75. The van der Waals surface area contributed by atoms with Gasteiger partial charge in [0.25, 0.3) is 0 Å². The van der Waals surface area contributed by atoms with Crippen LogP contribution in [-0.2, 0) is 0 Å². The summed E-state index contributed by atoms with van der Waals surface area (Å²) >= 11 is 3.19. The molecule has 0 bridgehead atoms. The third kappa shape index (κ3) is 2.05. The second-order valence-electron chi connectivity index (χ2n) is 2.33. The van der Waals surface area contributed by atoms with E-state index < -0.39 is 0 Å². The molecule has 1 rings (SSSR count). The fraction of sp³-hybridized carbons (Fsp3) is 0.100. The van der Waals surface area contributed by atoms with E-state index in [0.717, 1.165) is 0 Å². The van der Waals surface area contributed by atoms with Gasteiger partial charge in [-0.1, -0.05) is 36.4 Å². The molecule has 0 spiro atoms. The van der Waals surface area contributed by atoms with Crippen LogP contribution in [0.2, 0.25) is 0 Å². The smallest absolute Gasteiger partial charge is 0.199 e. The van der Waals surface area contributed by atoms with Crippen molar-refractivity contribution in [2.75, 3.05) is 0 Å². The van der Waals surface area contributed by atoms with Gasteiger partial charge >= 0.3 is 0 Å². The van der Waals surface area contributed by atoms with E-state index in [0.29, 0.717) is 10.0 Å². The number of allylic oxidation sites excluding steroid dienone is 2. The molecular formula is C10H9BrO. The number of hydrogen-bond acceptors (Lipinski definition) is 1. The zero-order valence-electron chi connectivity index (χ0n) is 6.75. The van der Waals surface area contributed by atoms with Gasteiger partial charge in [0.1, 0.15) is 0 Å². The van der Waals surface area contributed by atoms with Crippen molar-refractivity contribution in [2.45, 2.75) is 6.92 Å². The summed E-state index contributed by atoms with van der Waals surface area (Å²) in [6.45, 7) is 1.82. The van der Waals surface area contributed by atoms with Gasteiger partial charge in [0, 0.05) is 5.56 Å². The van der Waals surface area contributed by atoms with Crippen LogP contribution < -0.4 is 0 Å². The van der Waals surface area contributed by atoms with Crippen LogP contribution in [0.5, 0.6) is 0 Å². The Morgan fingerprint density at radius 3 is 2.42 bits per heavy atom. The van der Waals surface area contributed by atoms with E-state index in [1.165, 1.54) is 0 Å². The molecule has 0 aliphatic heterocycles. The molecule has 62 valence electrons. The van der Waals surface area contributed by atoms with E-state index in [-0.39, 0.29) is 5.78 Å². The normalized spacial score (nSPS) is 11.3. The van der Waals surface area contributed by atoms with Crippen LogP contribution in [0.15, 0.2) is 40.9 Å². The summed E-state index contributed by atoms with van der Waals surface area (Å²) in [5.74, 6) is 0.0260. The fourth-order valence-electron chi connectivity index (χ4n) is 0.859. The maximum Gasteiger partial charge on any atom is 0.199 e. The van der Waals surface area contributed by atoms with E-state index in [2.05, 4.69) is 15.9 Å². The monoisotopic (exact) mass is 224 g/mol. The van der Waals surface area contributed by atoms with Gasteiger partial charge in [-0.05, 0) is 22.9 Å². The Bertz CT molecular complexity index is 301. The molecule has 1 nitrogen and oxygen atoms in total. The molecule has 1 aromatic carbocycles. The van der Waals surface area contributed by atoms with Crippen molar-refractivity contribution in [2.24, 2.45) is 0 Å². The Kier molecular flexibility index (Phi) is 3.23. The molecule has 1 aromatic rings. The number of carbonyl (C=O) groups is 1. The predicted molar refractivity (Wildman–Crippen MR) is 53.5 cm³/mol. The molecule has 0 fully saturated rings. The highest BCUT2D eigenvalue weighted by Gasteiger charge is 2.06. The van der Waals surface area contributed by atoms with Crippen LogP contribution in [0.1, 0.15) is 17.3 Å². The molecule has 0 atom stereocenters. The first-order valence-electron chi connectivity index (χ1n) is 3.67. The number of rotatable bonds is 2. The molecule has 0 saturated carbocycles. The number of benzene rings is 1. The topological polar surface area (TPSA) is 17.1 Å². The molecular weight excluding hydrogens is 216 g/mol. The van der Waals surface area contributed by atoms with Gasteiger partial charge in [0.15, 0.2) is 5.78 Å². The number of hydrogen-bond donors (Lipinski definition) is 0. The summed E-state index contributed by atoms with van der Waals surface area (Å²) in [4.78, 5) is 11.5. The average molecular weight is 225 g/mol. The highest BCUT2D eigenvalue weighted by atomic mass is 79.9. The maximum absolute atomic E-state index is 11.5. The van der Waals surface area contributed by atoms with E-state index in [1.807, 2.05) is 25.1 Å². The Morgan fingerprint density at radius 2 is 1.92 bits per heavy atom. The SMILES string of the molecule is C/C=C(\Br)C(=O)c1ccccc1. The summed E-state index contributed by atoms with van der Waals surface area (Å²) in [5, 5.41) is 0. The van der Waals surface area contributed by atoms with Crippen molar-refractivity contribution in [3.05, 3.63) is 46.5 Å². The molecule has 0 saturated heterocycles. The van der Waals surface area contributed by atoms with E-state index in [1.54, 1.807) is 18.2 Å². The second kappa shape index (κ2) is 4.21. The Hall–Kier alpha value is -0.890. The van der Waals surface area contributed by atoms with Gasteiger partial charge in [-0.2, -0.15) is 0 Å². The molecule has 0 aliphatic carbocycles. The van der Waals surface area contributed by atoms with Crippen molar-refractivity contribution in [1.82, 2.24) is 0 Å². The van der Waals surface area contributed by atoms with Crippen LogP contribution in [0.3, 0.4) is 0 Å². The van der Waals surface area contributed by atoms with Gasteiger partial charge in [-0.3, -0.25) is 4.79 Å². The van der Waals surface area contributed by atoms with Gasteiger partial charge in [0.2, 0.25) is 0 Å². The largest absolute Gasteiger partial charge is 0.288 e. The van der Waals surface area contributed by atoms with Crippen molar-refractivity contribution in [1.29, 1.82) is 0 Å². The Balaban J connectivity index is 2.94. The summed E-state index contributed by atoms with van der Waals surface area (Å²) in [7, 11) is 0. The van der Waals surface area contributed by atoms with E-state index in [9.17, 15) is 4.79 Å². The van der Waals surface area contributed by atoms with Crippen molar-refractivity contribution >= 4 is 21.7 Å². The second-order valence-corrected chi connectivity index (χ2v) is 3.19. The zero-order valence-corrected chi connectivity index (χ0v) is 8.34. The first kappa shape index (κ1) is 9.20. The predicted octanol–water partition coefficient (Wildman–Crippen LogP) is 3.17. The minimum Gasteiger partial charge on any atom is -0.288 e. The number of halogens is 1. The van der Waals surface area contributed by atoms with Crippen molar-refractivity contribution in [3.63, 3.8) is 0 Å². The molecule has 2 heteroatoms. The lowest BCUT2D eigenvalue weighted by Gasteiger charge is -1.96. The first-order valence-corrected chi connectivity index (χ1v) is 4.46. The molecule has 12 heavy (non-hydrogen) atoms. The Labute approximate surface area is 80.2 Å². The lowest BCUT2D eigenvalue weighted by molar-refractivity contribution is 0.104. The van der Waals surface area contributed by atoms with Crippen LogP contribution in [-0.4, -0.2) is 5.78 Å². The molecule has 0 amide bonds. The molecule has 0 aromatic heterocycles. The molecule has 0 unspecified atom stereocenters. The third-order valence-corrected chi connectivity index (χ3v) is 2.32. The molecule has 0 heterocycles. The van der Waals surface area contributed by atoms with Gasteiger partial charge in [-0.15, -0.1) is 0 Å². The summed E-state index contributed by atoms with van der Waals surface area (Å²) in [6, 6.07) is 9.19. The van der Waals surface area contributed by atoms with Gasteiger partial charge in [0.05, 0.1) is 4.48 Å². The standard InChI is InChI=1S/C10H9BrO/c1-2-9(11)10(12)8-6-4-3-5-7-8/h2-7H,1H3/b9-2-. The minimum absolute atomic E-state index is 0.0260.